The van der Waals surface area contributed by atoms with E-state index in [1.54, 1.807) is 0 Å². The molecular weight excluding hydrogens is 1140 g/mol. The Balaban J connectivity index is -0.000000121. The Kier molecular flexibility index (Phi) is 22.5. The molecule has 0 aliphatic rings. The van der Waals surface area contributed by atoms with Gasteiger partial charge in [-0.2, -0.15) is 21.3 Å². The Hall–Kier alpha value is -6.17. The molecule has 0 radical (unpaired) electrons. The van der Waals surface area contributed by atoms with Crippen molar-refractivity contribution in [1.29, 1.82) is 0 Å². The Morgan fingerprint density at radius 1 is 0.714 bits per heavy atom. The molecule has 28 heavy (non-hydrogen) atoms. The molecule has 0 aromatic carbocycles. The number of hydrogen-bond donors (Lipinski definition) is 0. The number of ether oxygens (including phenoxy) is 5. The SMILES string of the molecule is [CH2-]OC(=O)/C=C\C(=O)O[CH2-].[CH2-]OC(=O)CC(=CC(=O)OC)C(=O)OC.[Rf].[Rf].[Rf]. The van der Waals surface area contributed by atoms with Crippen molar-refractivity contribution in [3.05, 3.63) is 45.1 Å². The minimum atomic E-state index is -0.800. The van der Waals surface area contributed by atoms with Gasteiger partial charge in [-0.15, -0.1) is 0 Å². The van der Waals surface area contributed by atoms with Crippen LogP contribution in [-0.4, -0.2) is 44.1 Å². The molecule has 0 amide bonds. The largest absolute Gasteiger partial charge is 0.640 e. The zero-order valence-electron chi connectivity index (χ0n) is 15.8. The predicted molar refractivity (Wildman–Crippen MR) is 80.2 cm³/mol. The van der Waals surface area contributed by atoms with Crippen molar-refractivity contribution < 1.29 is 47.7 Å². The van der Waals surface area contributed by atoms with Gasteiger partial charge in [0.05, 0.1) is 26.2 Å². The monoisotopic (exact) mass is 1160 g/mol. The third kappa shape index (κ3) is 16.2. The molecule has 146 valence electrons. The molecule has 0 N–H and O–H groups in total. The van der Waals surface area contributed by atoms with E-state index in [9.17, 15) is 24.0 Å². The van der Waals surface area contributed by atoms with E-state index in [-0.39, 0.29) is 5.57 Å². The first-order valence-electron chi connectivity index (χ1n) is 6.17. The molecule has 0 unspecified atom stereocenters. The van der Waals surface area contributed by atoms with Gasteiger partial charge in [0.2, 0.25) is 0 Å². The summed E-state index contributed by atoms with van der Waals surface area (Å²) in [7, 11) is 10.8. The van der Waals surface area contributed by atoms with Crippen molar-refractivity contribution in [1.82, 2.24) is 0 Å². The van der Waals surface area contributed by atoms with Gasteiger partial charge in [-0.3, -0.25) is 4.79 Å². The average molecular weight is 1160 g/mol. The van der Waals surface area contributed by atoms with E-state index in [0.717, 1.165) is 32.4 Å². The first-order valence-corrected chi connectivity index (χ1v) is 6.17. The molecule has 0 aromatic heterocycles. The average Bonchev–Trinajstić information content (AvgIpc) is 2.64. The van der Waals surface area contributed by atoms with Crippen molar-refractivity contribution in [2.75, 3.05) is 14.2 Å². The number of methoxy groups -OCH3 is 2. The number of carbonyl (C=O) groups is 5. The fourth-order valence-electron chi connectivity index (χ4n) is 0.953. The topological polar surface area (TPSA) is 132 Å². The van der Waals surface area contributed by atoms with Gasteiger partial charge in [0.1, 0.15) is 0 Å². The first-order chi connectivity index (χ1) is 11.7. The molecule has 0 bridgehead atoms. The van der Waals surface area contributed by atoms with Gasteiger partial charge in [0.25, 0.3) is 17.9 Å². The van der Waals surface area contributed by atoms with Crippen LogP contribution < -0.4 is 0 Å². The van der Waals surface area contributed by atoms with Crippen LogP contribution >= 0.6 is 0 Å². The van der Waals surface area contributed by atoms with Gasteiger partial charge in [-0.25, -0.2) is 19.2 Å². The molecule has 0 fully saturated rings. The van der Waals surface area contributed by atoms with Gasteiger partial charge in [-0.1, -0.05) is 0 Å². The van der Waals surface area contributed by atoms with Crippen LogP contribution in [0.15, 0.2) is 23.8 Å². The molecule has 0 aromatic rings. The van der Waals surface area contributed by atoms with Crippen molar-refractivity contribution in [3.63, 3.8) is 0 Å². The van der Waals surface area contributed by atoms with Gasteiger partial charge in [0, 0.05) is 18.2 Å². The Morgan fingerprint density at radius 3 is 1.43 bits per heavy atom. The van der Waals surface area contributed by atoms with Crippen LogP contribution in [0.5, 0.6) is 0 Å². The third-order valence-corrected chi connectivity index (χ3v) is 2.08. The molecule has 10 nitrogen and oxygen atoms in total. The van der Waals surface area contributed by atoms with E-state index in [1.807, 2.05) is 0 Å². The standard InChI is InChI=1S/C9H11O6.C6H6O4.3Rf/c1-13-7(10)4-6(9(12)15-3)5-8(11)14-2;1-9-5(7)3-4-6(8)10-2;;;/h5H,1,4H2,2-3H3;3-4H,1-2H2;;;/q-1;-2;;;/b;4-3-;;;. The third-order valence-electron chi connectivity index (χ3n) is 2.08. The number of hydrogen-bond acceptors (Lipinski definition) is 10. The summed E-state index contributed by atoms with van der Waals surface area (Å²) in [6.07, 6.45) is 2.25. The van der Waals surface area contributed by atoms with Crippen molar-refractivity contribution in [2.24, 2.45) is 0 Å². The second kappa shape index (κ2) is 18.9. The smallest absolute Gasteiger partial charge is 0.334 e. The summed E-state index contributed by atoms with van der Waals surface area (Å²) >= 11 is 0. The minimum Gasteiger partial charge on any atom is -0.640 e. The number of esters is 5. The van der Waals surface area contributed by atoms with Gasteiger partial charge < -0.3 is 23.7 Å². The quantitative estimate of drug-likeness (QED) is 0.158. The summed E-state index contributed by atoms with van der Waals surface area (Å²) in [5, 5.41) is 0. The molecule has 0 rings (SSSR count). The van der Waals surface area contributed by atoms with E-state index in [1.165, 1.54) is 0 Å². The number of rotatable bonds is 6. The van der Waals surface area contributed by atoms with Gasteiger partial charge in [0.15, 0.2) is 0 Å². The summed E-state index contributed by atoms with van der Waals surface area (Å²) in [5.74, 6) is -3.75. The Bertz CT molecular complexity index is 540. The fourth-order valence-corrected chi connectivity index (χ4v) is 0.953. The van der Waals surface area contributed by atoms with E-state index in [2.05, 4.69) is 45.0 Å². The predicted octanol–water partition coefficient (Wildman–Crippen LogP) is 0.196. The van der Waals surface area contributed by atoms with Gasteiger partial charge >= 0.3 is 11.9 Å². The van der Waals surface area contributed by atoms with Crippen molar-refractivity contribution in [2.45, 2.75) is 6.42 Å². The summed E-state index contributed by atoms with van der Waals surface area (Å²) in [6, 6.07) is 0. The van der Waals surface area contributed by atoms with Crippen LogP contribution in [0.2, 0.25) is 0 Å². The Labute approximate surface area is 144 Å². The zero-order chi connectivity index (χ0) is 19.8. The second-order valence-corrected chi connectivity index (χ2v) is 3.64. The molecule has 0 aliphatic heterocycles. The molecule has 0 saturated heterocycles. The fraction of sp³-hybridized carbons (Fsp3) is 0.200. The van der Waals surface area contributed by atoms with E-state index < -0.39 is 36.3 Å². The molecule has 0 spiro atoms. The van der Waals surface area contributed by atoms with Crippen LogP contribution in [-0.2, 0) is 47.7 Å². The first kappa shape index (κ1) is 33.4. The molecule has 0 saturated carbocycles. The molecule has 0 heterocycles. The molecule has 0 atom stereocenters. The maximum Gasteiger partial charge on any atom is 0.334 e. The van der Waals surface area contributed by atoms with Gasteiger partial charge in [-0.05, 0) is 0 Å². The van der Waals surface area contributed by atoms with Crippen LogP contribution in [0.4, 0.5) is 0 Å². The number of carbonyl (C=O) groups excluding carboxylic acids is 5. The summed E-state index contributed by atoms with van der Waals surface area (Å²) in [6.45, 7) is 0. The second-order valence-electron chi connectivity index (χ2n) is 3.64. The van der Waals surface area contributed by atoms with E-state index in [0.29, 0.717) is 0 Å². The summed E-state index contributed by atoms with van der Waals surface area (Å²) in [4.78, 5) is 53.2. The maximum atomic E-state index is 11.1. The van der Waals surface area contributed by atoms with Crippen molar-refractivity contribution in [3.8, 4) is 0 Å². The van der Waals surface area contributed by atoms with E-state index >= 15 is 0 Å². The van der Waals surface area contributed by atoms with Crippen LogP contribution in [0.3, 0.4) is 0 Å². The van der Waals surface area contributed by atoms with Crippen LogP contribution in [0.25, 0.3) is 0 Å². The van der Waals surface area contributed by atoms with Crippen LogP contribution in [0.1, 0.15) is 6.42 Å². The minimum absolute atomic E-state index is 0. The van der Waals surface area contributed by atoms with Crippen LogP contribution in [0, 0.1) is 21.3 Å². The summed E-state index contributed by atoms with van der Waals surface area (Å²) < 4.78 is 20.6. The maximum absolute atomic E-state index is 11.1. The Morgan fingerprint density at radius 2 is 1.14 bits per heavy atom. The van der Waals surface area contributed by atoms with E-state index in [4.69, 9.17) is 0 Å². The molecule has 13 heteroatoms. The molecule has 0 aliphatic carbocycles. The zero-order valence-corrected chi connectivity index (χ0v) is 35.0. The van der Waals surface area contributed by atoms with Crippen molar-refractivity contribution >= 4 is 29.8 Å². The summed E-state index contributed by atoms with van der Waals surface area (Å²) in [5.41, 5.74) is -0.155. The normalized spacial score (nSPS) is 8.96. The molecular formula is C15H17O10Rf3-3.